The number of alkyl carbamates (subject to hydrolysis) is 1. The molecule has 0 aliphatic heterocycles. The number of rotatable bonds is 14. The Kier molecular flexibility index (Phi) is 9.95. The molecule has 0 fully saturated rings. The van der Waals surface area contributed by atoms with E-state index in [0.717, 1.165) is 25.7 Å². The molecule has 1 aliphatic rings. The number of fused-ring (bicyclic) bond motifs is 3. The monoisotopic (exact) mass is 466 g/mol. The van der Waals surface area contributed by atoms with Crippen LogP contribution < -0.4 is 10.6 Å². The number of carboxylic acids is 1. The molecule has 2 aromatic carbocycles. The van der Waals surface area contributed by atoms with Crippen LogP contribution in [0.25, 0.3) is 11.1 Å². The van der Waals surface area contributed by atoms with Gasteiger partial charge in [-0.1, -0.05) is 67.8 Å². The topological polar surface area (TPSA) is 105 Å². The van der Waals surface area contributed by atoms with E-state index in [0.29, 0.717) is 32.4 Å². The summed E-state index contributed by atoms with van der Waals surface area (Å²) in [7, 11) is 0. The normalized spacial score (nSPS) is 12.0. The Bertz CT molecular complexity index is 929. The maximum Gasteiger partial charge on any atom is 0.407 e. The van der Waals surface area contributed by atoms with Gasteiger partial charge in [0.2, 0.25) is 5.91 Å². The van der Waals surface area contributed by atoms with Crippen molar-refractivity contribution in [2.24, 2.45) is 0 Å². The first-order chi connectivity index (χ1) is 16.6. The van der Waals surface area contributed by atoms with Crippen molar-refractivity contribution in [1.82, 2.24) is 10.6 Å². The minimum Gasteiger partial charge on any atom is -0.481 e. The SMILES string of the molecule is O=C(O)CCCCCCCNC(=O)CCCNC(=O)OCC1c2ccccc2-c2ccccc21. The number of aliphatic carboxylic acids is 1. The van der Waals surface area contributed by atoms with E-state index in [1.54, 1.807) is 0 Å². The highest BCUT2D eigenvalue weighted by Gasteiger charge is 2.28. The average molecular weight is 467 g/mol. The van der Waals surface area contributed by atoms with Gasteiger partial charge in [0.1, 0.15) is 6.61 Å². The van der Waals surface area contributed by atoms with Gasteiger partial charge in [-0.3, -0.25) is 9.59 Å². The Hall–Kier alpha value is -3.35. The van der Waals surface area contributed by atoms with Crippen LogP contribution >= 0.6 is 0 Å². The molecule has 0 spiro atoms. The van der Waals surface area contributed by atoms with E-state index < -0.39 is 12.1 Å². The molecule has 3 rings (SSSR count). The third kappa shape index (κ3) is 7.61. The van der Waals surface area contributed by atoms with Crippen molar-refractivity contribution in [3.05, 3.63) is 59.7 Å². The fraction of sp³-hybridized carbons (Fsp3) is 0.444. The Labute approximate surface area is 200 Å². The summed E-state index contributed by atoms with van der Waals surface area (Å²) in [5.74, 6) is -0.748. The van der Waals surface area contributed by atoms with Gasteiger partial charge < -0.3 is 20.5 Å². The van der Waals surface area contributed by atoms with Gasteiger partial charge in [-0.05, 0) is 41.5 Å². The first-order valence-corrected chi connectivity index (χ1v) is 12.1. The van der Waals surface area contributed by atoms with Gasteiger partial charge >= 0.3 is 12.1 Å². The van der Waals surface area contributed by atoms with Crippen molar-refractivity contribution >= 4 is 18.0 Å². The number of unbranched alkanes of at least 4 members (excludes halogenated alkanes) is 4. The van der Waals surface area contributed by atoms with Gasteiger partial charge in [-0.15, -0.1) is 0 Å². The fourth-order valence-corrected chi connectivity index (χ4v) is 4.34. The summed E-state index contributed by atoms with van der Waals surface area (Å²) in [6.45, 7) is 1.28. The number of carbonyl (C=O) groups excluding carboxylic acids is 2. The first kappa shape index (κ1) is 25.3. The summed E-state index contributed by atoms with van der Waals surface area (Å²) < 4.78 is 5.50. The maximum absolute atomic E-state index is 12.2. The average Bonchev–Trinajstić information content (AvgIpc) is 3.16. The molecule has 3 N–H and O–H groups in total. The van der Waals surface area contributed by atoms with Crippen LogP contribution in [-0.2, 0) is 14.3 Å². The molecule has 0 radical (unpaired) electrons. The minimum atomic E-state index is -0.750. The number of carbonyl (C=O) groups is 3. The molecule has 2 amide bonds. The summed E-state index contributed by atoms with van der Waals surface area (Å²) in [5.41, 5.74) is 4.73. The van der Waals surface area contributed by atoms with Gasteiger partial charge in [-0.2, -0.15) is 0 Å². The standard InChI is InChI=1S/C27H34N2O5/c30-25(28-17-9-3-1-2-4-16-26(31)32)15-10-18-29-27(33)34-19-24-22-13-7-5-11-20(22)21-12-6-8-14-23(21)24/h5-8,11-14,24H,1-4,9-10,15-19H2,(H,28,30)(H,29,33)(H,31,32). The van der Waals surface area contributed by atoms with Crippen molar-refractivity contribution in [3.8, 4) is 11.1 Å². The first-order valence-electron chi connectivity index (χ1n) is 12.1. The second kappa shape index (κ2) is 13.4. The van der Waals surface area contributed by atoms with Crippen molar-refractivity contribution in [1.29, 1.82) is 0 Å². The molecule has 0 atom stereocenters. The highest BCUT2D eigenvalue weighted by molar-refractivity contribution is 5.79. The lowest BCUT2D eigenvalue weighted by Gasteiger charge is -2.14. The molecule has 0 aromatic heterocycles. The van der Waals surface area contributed by atoms with Crippen LogP contribution in [0.3, 0.4) is 0 Å². The van der Waals surface area contributed by atoms with Crippen molar-refractivity contribution in [3.63, 3.8) is 0 Å². The summed E-state index contributed by atoms with van der Waals surface area (Å²) >= 11 is 0. The van der Waals surface area contributed by atoms with Crippen LogP contribution in [0.5, 0.6) is 0 Å². The van der Waals surface area contributed by atoms with Crippen molar-refractivity contribution in [2.45, 2.75) is 57.3 Å². The smallest absolute Gasteiger partial charge is 0.407 e. The van der Waals surface area contributed by atoms with E-state index in [9.17, 15) is 14.4 Å². The van der Waals surface area contributed by atoms with E-state index in [1.807, 2.05) is 24.3 Å². The van der Waals surface area contributed by atoms with Gasteiger partial charge in [0, 0.05) is 31.8 Å². The van der Waals surface area contributed by atoms with Crippen LogP contribution in [0.1, 0.15) is 68.4 Å². The summed E-state index contributed by atoms with van der Waals surface area (Å²) in [4.78, 5) is 34.5. The van der Waals surface area contributed by atoms with Gasteiger partial charge in [0.25, 0.3) is 0 Å². The molecule has 0 bridgehead atoms. The molecule has 0 unspecified atom stereocenters. The summed E-state index contributed by atoms with van der Waals surface area (Å²) in [5, 5.41) is 14.2. The van der Waals surface area contributed by atoms with E-state index in [1.165, 1.54) is 22.3 Å². The predicted molar refractivity (Wildman–Crippen MR) is 131 cm³/mol. The quantitative estimate of drug-likeness (QED) is 0.345. The minimum absolute atomic E-state index is 0.0276. The fourth-order valence-electron chi connectivity index (χ4n) is 4.34. The molecular weight excluding hydrogens is 432 g/mol. The lowest BCUT2D eigenvalue weighted by atomic mass is 9.98. The van der Waals surface area contributed by atoms with E-state index >= 15 is 0 Å². The van der Waals surface area contributed by atoms with E-state index in [4.69, 9.17) is 9.84 Å². The van der Waals surface area contributed by atoms with Crippen molar-refractivity contribution < 1.29 is 24.2 Å². The molecule has 2 aromatic rings. The summed E-state index contributed by atoms with van der Waals surface area (Å²) in [6.07, 6.45) is 5.10. The molecule has 0 saturated carbocycles. The Morgan fingerprint density at radius 1 is 0.735 bits per heavy atom. The third-order valence-electron chi connectivity index (χ3n) is 6.08. The molecular formula is C27H34N2O5. The number of carboxylic acid groups (broad SMARTS) is 1. The molecule has 0 saturated heterocycles. The maximum atomic E-state index is 12.2. The number of benzene rings is 2. The Morgan fingerprint density at radius 2 is 1.32 bits per heavy atom. The Morgan fingerprint density at radius 3 is 2.00 bits per heavy atom. The van der Waals surface area contributed by atoms with Crippen molar-refractivity contribution in [2.75, 3.05) is 19.7 Å². The second-order valence-electron chi connectivity index (χ2n) is 8.62. The molecule has 1 aliphatic carbocycles. The predicted octanol–water partition coefficient (Wildman–Crippen LogP) is 4.85. The highest BCUT2D eigenvalue weighted by atomic mass is 16.5. The summed E-state index contributed by atoms with van der Waals surface area (Å²) in [6, 6.07) is 16.4. The van der Waals surface area contributed by atoms with E-state index in [2.05, 4.69) is 34.9 Å². The number of amides is 2. The zero-order valence-electron chi connectivity index (χ0n) is 19.6. The third-order valence-corrected chi connectivity index (χ3v) is 6.08. The molecule has 34 heavy (non-hydrogen) atoms. The number of ether oxygens (including phenoxy) is 1. The van der Waals surface area contributed by atoms with Gasteiger partial charge in [-0.25, -0.2) is 4.79 Å². The number of nitrogens with one attached hydrogen (secondary N) is 2. The zero-order valence-corrected chi connectivity index (χ0v) is 19.6. The molecule has 7 heteroatoms. The number of hydrogen-bond donors (Lipinski definition) is 3. The van der Waals surface area contributed by atoms with Crippen LogP contribution in [0.4, 0.5) is 4.79 Å². The lowest BCUT2D eigenvalue weighted by Crippen LogP contribution is -2.29. The highest BCUT2D eigenvalue weighted by Crippen LogP contribution is 2.44. The van der Waals surface area contributed by atoms with Crippen LogP contribution in [0.15, 0.2) is 48.5 Å². The van der Waals surface area contributed by atoms with Gasteiger partial charge in [0.05, 0.1) is 0 Å². The largest absolute Gasteiger partial charge is 0.481 e. The Balaban J connectivity index is 1.25. The van der Waals surface area contributed by atoms with Gasteiger partial charge in [0.15, 0.2) is 0 Å². The number of hydrogen-bond acceptors (Lipinski definition) is 4. The van der Waals surface area contributed by atoms with Crippen LogP contribution in [0.2, 0.25) is 0 Å². The van der Waals surface area contributed by atoms with E-state index in [-0.39, 0.29) is 24.9 Å². The lowest BCUT2D eigenvalue weighted by molar-refractivity contribution is -0.137. The zero-order chi connectivity index (χ0) is 24.2. The molecule has 0 heterocycles. The van der Waals surface area contributed by atoms with Crippen LogP contribution in [0, 0.1) is 0 Å². The second-order valence-corrected chi connectivity index (χ2v) is 8.62. The molecule has 7 nitrogen and oxygen atoms in total. The van der Waals surface area contributed by atoms with Crippen LogP contribution in [-0.4, -0.2) is 42.8 Å². The molecule has 182 valence electrons.